The Morgan fingerprint density at radius 1 is 1.53 bits per heavy atom. The average molecular weight is 320 g/mol. The van der Waals surface area contributed by atoms with Crippen LogP contribution >= 0.6 is 15.9 Å². The minimum atomic E-state index is -0.403. The summed E-state index contributed by atoms with van der Waals surface area (Å²) >= 11 is 3.39. The Kier molecular flexibility index (Phi) is 4.33. The van der Waals surface area contributed by atoms with Crippen LogP contribution in [-0.4, -0.2) is 17.7 Å². The van der Waals surface area contributed by atoms with Crippen molar-refractivity contribution in [2.45, 2.75) is 32.2 Å². The molecule has 1 amide bonds. The molecule has 0 radical (unpaired) electrons. The molecule has 1 aliphatic heterocycles. The maximum Gasteiger partial charge on any atom is 0.249 e. The third kappa shape index (κ3) is 3.21. The normalized spacial score (nSPS) is 17.8. The Balaban J connectivity index is 2.25. The molecule has 1 N–H and O–H groups in total. The topological polar surface area (TPSA) is 65.2 Å². The average Bonchev–Trinajstić information content (AvgIpc) is 2.47. The molecular formula is C14H14BrN3O. The second kappa shape index (κ2) is 5.98. The fourth-order valence-electron chi connectivity index (χ4n) is 2.08. The molecule has 4 nitrogen and oxygen atoms in total. The second-order valence-corrected chi connectivity index (χ2v) is 5.38. The minimum absolute atomic E-state index is 0.103. The van der Waals surface area contributed by atoms with Gasteiger partial charge in [-0.25, -0.2) is 0 Å². The summed E-state index contributed by atoms with van der Waals surface area (Å²) in [6.45, 7) is 1.91. The number of aliphatic imine (C=N–C) groups is 1. The summed E-state index contributed by atoms with van der Waals surface area (Å²) in [5.41, 5.74) is 2.57. The monoisotopic (exact) mass is 319 g/mol. The van der Waals surface area contributed by atoms with E-state index < -0.39 is 6.04 Å². The molecule has 0 spiro atoms. The van der Waals surface area contributed by atoms with Crippen LogP contribution in [0.25, 0.3) is 0 Å². The van der Waals surface area contributed by atoms with E-state index in [1.165, 1.54) is 0 Å². The van der Waals surface area contributed by atoms with Crippen LogP contribution in [0.3, 0.4) is 0 Å². The first kappa shape index (κ1) is 13.8. The maximum absolute atomic E-state index is 12.1. The molecule has 1 heterocycles. The molecule has 1 atom stereocenters. The van der Waals surface area contributed by atoms with Crippen molar-refractivity contribution in [3.63, 3.8) is 0 Å². The number of carbonyl (C=O) groups is 1. The highest BCUT2D eigenvalue weighted by molar-refractivity contribution is 9.10. The molecule has 98 valence electrons. The maximum atomic E-state index is 12.1. The molecule has 1 aliphatic rings. The van der Waals surface area contributed by atoms with Crippen molar-refractivity contribution in [3.05, 3.63) is 28.2 Å². The van der Waals surface area contributed by atoms with Gasteiger partial charge < -0.3 is 5.32 Å². The van der Waals surface area contributed by atoms with Crippen LogP contribution in [0.1, 0.15) is 31.7 Å². The minimum Gasteiger partial charge on any atom is -0.324 e. The van der Waals surface area contributed by atoms with E-state index in [0.29, 0.717) is 19.3 Å². The third-order valence-electron chi connectivity index (χ3n) is 3.05. The van der Waals surface area contributed by atoms with E-state index in [1.54, 1.807) is 0 Å². The number of rotatable bonds is 3. The van der Waals surface area contributed by atoms with Crippen molar-refractivity contribution in [1.82, 2.24) is 0 Å². The lowest BCUT2D eigenvalue weighted by Crippen LogP contribution is -2.25. The van der Waals surface area contributed by atoms with Gasteiger partial charge >= 0.3 is 0 Å². The number of carbonyl (C=O) groups excluding carboxylic acids is 1. The zero-order valence-corrected chi connectivity index (χ0v) is 12.2. The zero-order chi connectivity index (χ0) is 13.8. The summed E-state index contributed by atoms with van der Waals surface area (Å²) in [4.78, 5) is 16.6. The highest BCUT2D eigenvalue weighted by Crippen LogP contribution is 2.25. The van der Waals surface area contributed by atoms with Crippen LogP contribution in [0.4, 0.5) is 5.69 Å². The van der Waals surface area contributed by atoms with Crippen LogP contribution in [0.5, 0.6) is 0 Å². The van der Waals surface area contributed by atoms with Gasteiger partial charge in [-0.3, -0.25) is 9.79 Å². The molecule has 1 aromatic carbocycles. The lowest BCUT2D eigenvalue weighted by atomic mass is 10.1. The molecule has 0 saturated carbocycles. The Hall–Kier alpha value is -1.67. The number of hydrogen-bond donors (Lipinski definition) is 1. The summed E-state index contributed by atoms with van der Waals surface area (Å²) in [6, 6.07) is 7.43. The number of nitrogens with one attached hydrogen (secondary N) is 1. The van der Waals surface area contributed by atoms with Crippen LogP contribution in [-0.2, 0) is 4.79 Å². The Morgan fingerprint density at radius 2 is 2.32 bits per heavy atom. The molecule has 5 heteroatoms. The van der Waals surface area contributed by atoms with Crippen molar-refractivity contribution in [1.29, 1.82) is 5.26 Å². The lowest BCUT2D eigenvalue weighted by molar-refractivity contribution is -0.117. The number of amides is 1. The largest absolute Gasteiger partial charge is 0.324 e. The van der Waals surface area contributed by atoms with Gasteiger partial charge in [0.05, 0.1) is 11.8 Å². The first-order valence-electron chi connectivity index (χ1n) is 6.14. The van der Waals surface area contributed by atoms with Crippen LogP contribution in [0.2, 0.25) is 0 Å². The number of unbranched alkanes of at least 4 members (excludes halogenated alkanes) is 1. The Bertz CT molecular complexity index is 575. The number of benzodiazepines with no additional fused rings is 1. The number of nitrogens with zero attached hydrogens (tertiary/aromatic N) is 2. The van der Waals surface area contributed by atoms with Crippen LogP contribution in [0.15, 0.2) is 27.7 Å². The van der Waals surface area contributed by atoms with E-state index >= 15 is 0 Å². The highest BCUT2D eigenvalue weighted by Gasteiger charge is 2.23. The van der Waals surface area contributed by atoms with E-state index in [2.05, 4.69) is 32.3 Å². The zero-order valence-electron chi connectivity index (χ0n) is 10.6. The molecule has 0 aromatic heterocycles. The number of fused-ring (bicyclic) bond motifs is 1. The highest BCUT2D eigenvalue weighted by atomic mass is 79.9. The first-order valence-corrected chi connectivity index (χ1v) is 6.93. The summed E-state index contributed by atoms with van der Waals surface area (Å²) < 4.78 is 0.919. The van der Waals surface area contributed by atoms with E-state index in [0.717, 1.165) is 21.4 Å². The second-order valence-electron chi connectivity index (χ2n) is 4.46. The fourth-order valence-corrected chi connectivity index (χ4v) is 2.44. The SMILES string of the molecule is CC1=NC(CCCC#N)C(=O)Nc2cc(Br)ccc21. The molecule has 0 fully saturated rings. The van der Waals surface area contributed by atoms with Gasteiger partial charge in [-0.1, -0.05) is 15.9 Å². The molecule has 0 bridgehead atoms. The van der Waals surface area contributed by atoms with Gasteiger partial charge in [-0.2, -0.15) is 5.26 Å². The number of hydrogen-bond acceptors (Lipinski definition) is 3. The predicted octanol–water partition coefficient (Wildman–Crippen LogP) is 3.27. The number of anilines is 1. The number of benzene rings is 1. The molecule has 0 aliphatic carbocycles. The van der Waals surface area contributed by atoms with Gasteiger partial charge in [0.25, 0.3) is 0 Å². The van der Waals surface area contributed by atoms with E-state index in [4.69, 9.17) is 5.26 Å². The smallest absolute Gasteiger partial charge is 0.249 e. The van der Waals surface area contributed by atoms with E-state index in [-0.39, 0.29) is 5.91 Å². The predicted molar refractivity (Wildman–Crippen MR) is 78.2 cm³/mol. The van der Waals surface area contributed by atoms with Crippen molar-refractivity contribution in [3.8, 4) is 6.07 Å². The first-order chi connectivity index (χ1) is 9.11. The van der Waals surface area contributed by atoms with Crippen molar-refractivity contribution in [2.24, 2.45) is 4.99 Å². The lowest BCUT2D eigenvalue weighted by Gasteiger charge is -2.09. The summed E-state index contributed by atoms with van der Waals surface area (Å²) in [5, 5.41) is 11.5. The van der Waals surface area contributed by atoms with Crippen LogP contribution < -0.4 is 5.32 Å². The van der Waals surface area contributed by atoms with Crippen LogP contribution in [0, 0.1) is 11.3 Å². The van der Waals surface area contributed by atoms with Crippen molar-refractivity contribution >= 4 is 33.2 Å². The molecule has 0 saturated heterocycles. The standard InChI is InChI=1S/C14H14BrN3O/c1-9-11-6-5-10(15)8-13(11)18-14(19)12(17-9)4-2-3-7-16/h5-6,8,12H,2-4H2,1H3,(H,18,19). The Morgan fingerprint density at radius 3 is 3.05 bits per heavy atom. The van der Waals surface area contributed by atoms with E-state index in [1.807, 2.05) is 25.1 Å². The van der Waals surface area contributed by atoms with Gasteiger partial charge in [-0.05, 0) is 38.0 Å². The Labute approximate surface area is 120 Å². The molecule has 2 rings (SSSR count). The molecular weight excluding hydrogens is 306 g/mol. The van der Waals surface area contributed by atoms with Gasteiger partial charge in [-0.15, -0.1) is 0 Å². The van der Waals surface area contributed by atoms with Crippen molar-refractivity contribution in [2.75, 3.05) is 5.32 Å². The summed E-state index contributed by atoms with van der Waals surface area (Å²) in [6.07, 6.45) is 1.74. The summed E-state index contributed by atoms with van der Waals surface area (Å²) in [7, 11) is 0. The van der Waals surface area contributed by atoms with E-state index in [9.17, 15) is 4.79 Å². The van der Waals surface area contributed by atoms with Gasteiger partial charge in [0.1, 0.15) is 6.04 Å². The molecule has 19 heavy (non-hydrogen) atoms. The third-order valence-corrected chi connectivity index (χ3v) is 3.54. The fraction of sp³-hybridized carbons (Fsp3) is 0.357. The summed E-state index contributed by atoms with van der Waals surface area (Å²) in [5.74, 6) is -0.103. The van der Waals surface area contributed by atoms with Crippen molar-refractivity contribution < 1.29 is 4.79 Å². The van der Waals surface area contributed by atoms with Gasteiger partial charge in [0.15, 0.2) is 0 Å². The molecule has 1 aromatic rings. The quantitative estimate of drug-likeness (QED) is 0.869. The number of halogens is 1. The van der Waals surface area contributed by atoms with Gasteiger partial charge in [0.2, 0.25) is 5.91 Å². The number of nitriles is 1. The van der Waals surface area contributed by atoms with Gasteiger partial charge in [0, 0.05) is 22.2 Å². The molecule has 1 unspecified atom stereocenters.